The zero-order valence-electron chi connectivity index (χ0n) is 17.7. The Balaban J connectivity index is 0. The molecular weight excluding hydrogens is 516 g/mol. The molecule has 1 fully saturated rings. The first-order valence-electron chi connectivity index (χ1n) is 10.2. The molecule has 0 amide bonds. The van der Waals surface area contributed by atoms with Crippen molar-refractivity contribution in [3.63, 3.8) is 0 Å². The Morgan fingerprint density at radius 1 is 1.00 bits per heavy atom. The van der Waals surface area contributed by atoms with Crippen LogP contribution in [0.1, 0.15) is 73.4 Å². The van der Waals surface area contributed by atoms with E-state index >= 15 is 0 Å². The number of nitrogens with zero attached hydrogens (tertiary/aromatic N) is 3. The molecule has 1 aromatic rings. The fourth-order valence-electron chi connectivity index (χ4n) is 3.04. The van der Waals surface area contributed by atoms with Gasteiger partial charge in [-0.3, -0.25) is 4.79 Å². The van der Waals surface area contributed by atoms with Gasteiger partial charge in [-0.25, -0.2) is 6.57 Å². The predicted octanol–water partition coefficient (Wildman–Crippen LogP) is 2.13. The van der Waals surface area contributed by atoms with Gasteiger partial charge in [-0.1, -0.05) is 12.8 Å². The Hall–Kier alpha value is 0.459. The number of hydrogen-bond acceptors (Lipinski definition) is 4. The standard InChI is InChI=1S/C10H12N2Se.C7H12O.C3H2N2.2Na.H2Se/c11-6-8-7-4-2-1-3-5-9(7)13-10(8)12;8-7-5-3-1-2-4-6-7;1-5-3-2-4;;;/h1-5,12H2;1-6H2;3H2;;;1H2. The van der Waals surface area contributed by atoms with Crippen LogP contribution in [-0.4, -0.2) is 87.5 Å². The van der Waals surface area contributed by atoms with E-state index in [1.54, 1.807) is 6.07 Å². The van der Waals surface area contributed by atoms with Gasteiger partial charge in [-0.2, -0.15) is 5.26 Å². The molecule has 0 aromatic carbocycles. The molecular formula is C20H28N4Na2OSe2. The van der Waals surface area contributed by atoms with Crippen LogP contribution in [0.2, 0.25) is 0 Å². The summed E-state index contributed by atoms with van der Waals surface area (Å²) in [4.78, 5) is 13.4. The summed E-state index contributed by atoms with van der Waals surface area (Å²) in [5.74, 6) is 0.475. The van der Waals surface area contributed by atoms with Gasteiger partial charge in [0.25, 0.3) is 6.54 Å². The van der Waals surface area contributed by atoms with Crippen molar-refractivity contribution in [2.45, 2.75) is 70.6 Å². The Morgan fingerprint density at radius 3 is 2.00 bits per heavy atom. The van der Waals surface area contributed by atoms with Crippen molar-refractivity contribution in [1.29, 1.82) is 10.5 Å². The number of rotatable bonds is 0. The second kappa shape index (κ2) is 21.7. The molecule has 0 unspecified atom stereocenters. The minimum absolute atomic E-state index is 0. The van der Waals surface area contributed by atoms with Gasteiger partial charge in [0.1, 0.15) is 11.9 Å². The monoisotopic (exact) mass is 546 g/mol. The van der Waals surface area contributed by atoms with E-state index in [1.807, 2.05) is 0 Å². The Morgan fingerprint density at radius 2 is 1.52 bits per heavy atom. The zero-order valence-corrected chi connectivity index (χ0v) is 25.5. The quantitative estimate of drug-likeness (QED) is 0.178. The van der Waals surface area contributed by atoms with Crippen LogP contribution in [0.5, 0.6) is 0 Å². The van der Waals surface area contributed by atoms with Crippen LogP contribution in [0.25, 0.3) is 4.85 Å². The molecule has 148 valence electrons. The molecule has 0 atom stereocenters. The molecule has 29 heavy (non-hydrogen) atoms. The molecule has 1 heterocycles. The normalized spacial score (nSPS) is 14.4. The SMILES string of the molecule is N#Cc1c(N)[se]c2c1CCCCC2.O=C1CCCCCC1.[C-]#[N+]CC#N.[Na][Na].[SeH2]. The number of ketones is 1. The fraction of sp³-hybridized carbons (Fsp3) is 0.600. The van der Waals surface area contributed by atoms with Crippen LogP contribution < -0.4 is 5.73 Å². The van der Waals surface area contributed by atoms with Crippen LogP contribution >= 0.6 is 0 Å². The molecule has 5 nitrogen and oxygen atoms in total. The average Bonchev–Trinajstić information content (AvgIpc) is 2.92. The summed E-state index contributed by atoms with van der Waals surface area (Å²) in [5, 5.41) is 16.6. The number of nitriles is 2. The summed E-state index contributed by atoms with van der Waals surface area (Å²) < 4.78 is 2.36. The summed E-state index contributed by atoms with van der Waals surface area (Å²) in [7, 11) is 0. The van der Waals surface area contributed by atoms with Gasteiger partial charge in [-0.15, -0.1) is 0 Å². The van der Waals surface area contributed by atoms with E-state index in [0.717, 1.165) is 42.2 Å². The number of carbonyl (C=O) groups excluding carboxylic acids is 1. The van der Waals surface area contributed by atoms with Crippen LogP contribution in [0, 0.1) is 29.2 Å². The molecule has 2 N–H and O–H groups in total. The number of hydrogen-bond donors (Lipinski definition) is 1. The second-order valence-corrected chi connectivity index (χ2v) is 8.73. The molecule has 0 spiro atoms. The van der Waals surface area contributed by atoms with E-state index in [1.165, 1.54) is 92.1 Å². The third kappa shape index (κ3) is 14.2. The first-order chi connectivity index (χ1) is 13.6. The molecule has 1 saturated carbocycles. The van der Waals surface area contributed by atoms with Crippen LogP contribution in [-0.2, 0) is 17.6 Å². The van der Waals surface area contributed by atoms with Crippen LogP contribution in [0.15, 0.2) is 0 Å². The molecule has 2 aliphatic carbocycles. The summed E-state index contributed by atoms with van der Waals surface area (Å²) >= 11 is 3.19. The molecule has 0 saturated heterocycles. The molecule has 1 aromatic heterocycles. The third-order valence-corrected chi connectivity index (χ3v) is 6.72. The van der Waals surface area contributed by atoms with Gasteiger partial charge >= 0.3 is 144 Å². The summed E-state index contributed by atoms with van der Waals surface area (Å²) in [6.45, 7) is 5.99. The maximum absolute atomic E-state index is 10.7. The van der Waals surface area contributed by atoms with Gasteiger partial charge < -0.3 is 4.85 Å². The Bertz CT molecular complexity index is 696. The minimum atomic E-state index is -0.0139. The Labute approximate surface area is 220 Å². The van der Waals surface area contributed by atoms with Crippen molar-refractivity contribution in [3.8, 4) is 12.1 Å². The number of anilines is 1. The van der Waals surface area contributed by atoms with Gasteiger partial charge in [-0.05, 0) is 12.8 Å². The molecule has 0 radical (unpaired) electrons. The molecule has 0 aliphatic heterocycles. The van der Waals surface area contributed by atoms with Crippen LogP contribution in [0.4, 0.5) is 4.56 Å². The first-order valence-corrected chi connectivity index (χ1v) is 19.9. The number of Topliss-reactive ketones (excluding diaryl/α,β-unsaturated/α-hetero) is 1. The van der Waals surface area contributed by atoms with E-state index in [0.29, 0.717) is 20.3 Å². The van der Waals surface area contributed by atoms with Crippen molar-refractivity contribution in [2.75, 3.05) is 12.3 Å². The van der Waals surface area contributed by atoms with Gasteiger partial charge in [0.2, 0.25) is 0 Å². The van der Waals surface area contributed by atoms with E-state index < -0.39 is 0 Å². The van der Waals surface area contributed by atoms with E-state index in [4.69, 9.17) is 22.8 Å². The number of carbonyl (C=O) groups is 1. The summed E-state index contributed by atoms with van der Waals surface area (Å²) in [5.41, 5.74) is 7.96. The molecule has 3 rings (SSSR count). The van der Waals surface area contributed by atoms with E-state index in [-0.39, 0.29) is 23.6 Å². The van der Waals surface area contributed by atoms with Crippen molar-refractivity contribution < 1.29 is 4.79 Å². The Kier molecular flexibility index (Phi) is 23.7. The van der Waals surface area contributed by atoms with Crippen molar-refractivity contribution in [1.82, 2.24) is 0 Å². The van der Waals surface area contributed by atoms with Crippen molar-refractivity contribution in [3.05, 3.63) is 27.0 Å². The summed E-state index contributed by atoms with van der Waals surface area (Å²) in [6, 6.07) is 3.92. The number of nitrogens with two attached hydrogens (primary N) is 1. The number of aryl methyl sites for hydroxylation is 1. The van der Waals surface area contributed by atoms with Crippen LogP contribution in [0.3, 0.4) is 0 Å². The van der Waals surface area contributed by atoms with Crippen molar-refractivity contribution in [2.24, 2.45) is 0 Å². The molecule has 9 heteroatoms. The zero-order chi connectivity index (χ0) is 21.2. The number of nitrogen functional groups attached to an aromatic ring is 1. The average molecular weight is 544 g/mol. The third-order valence-electron chi connectivity index (χ3n) is 4.37. The van der Waals surface area contributed by atoms with Crippen molar-refractivity contribution >= 4 is 85.5 Å². The second-order valence-electron chi connectivity index (χ2n) is 6.34. The molecule has 0 bridgehead atoms. The van der Waals surface area contributed by atoms with Gasteiger partial charge in [0, 0.05) is 12.8 Å². The first kappa shape index (κ1) is 31.6. The maximum atomic E-state index is 10.7. The molecule has 2 aliphatic rings. The van der Waals surface area contributed by atoms with E-state index in [9.17, 15) is 4.79 Å². The van der Waals surface area contributed by atoms with E-state index in [2.05, 4.69) is 10.9 Å². The topological polar surface area (TPSA) is 95.0 Å². The fourth-order valence-corrected chi connectivity index (χ4v) is 5.37. The van der Waals surface area contributed by atoms with Gasteiger partial charge in [0.15, 0.2) is 0 Å². The predicted molar refractivity (Wildman–Crippen MR) is 124 cm³/mol. The summed E-state index contributed by atoms with van der Waals surface area (Å²) in [6.07, 6.45) is 12.6. The van der Waals surface area contributed by atoms with Gasteiger partial charge in [0.05, 0.1) is 0 Å². The number of fused-ring (bicyclic) bond motifs is 1.